The van der Waals surface area contributed by atoms with E-state index in [4.69, 9.17) is 4.84 Å². The van der Waals surface area contributed by atoms with Crippen LogP contribution >= 0.6 is 0 Å². The third-order valence-corrected chi connectivity index (χ3v) is 2.46. The molecule has 1 aromatic rings. The Morgan fingerprint density at radius 3 is 2.68 bits per heavy atom. The predicted octanol–water partition coefficient (Wildman–Crippen LogP) is 1.28. The summed E-state index contributed by atoms with van der Waals surface area (Å²) < 4.78 is 0. The number of oxime groups is 1. The summed E-state index contributed by atoms with van der Waals surface area (Å²) in [6, 6.07) is 6.44. The number of urea groups is 1. The van der Waals surface area contributed by atoms with Gasteiger partial charge in [0.1, 0.15) is 6.61 Å². The highest BCUT2D eigenvalue weighted by Gasteiger charge is 2.29. The molecule has 98 valence electrons. The zero-order valence-electron chi connectivity index (χ0n) is 10.2. The lowest BCUT2D eigenvalue weighted by atomic mass is 10.2. The van der Waals surface area contributed by atoms with Gasteiger partial charge in [0.2, 0.25) is 0 Å². The molecule has 6 nitrogen and oxygen atoms in total. The minimum absolute atomic E-state index is 0.0391. The molecule has 1 saturated heterocycles. The average molecular weight is 259 g/mol. The van der Waals surface area contributed by atoms with Crippen LogP contribution in [0.5, 0.6) is 0 Å². The lowest BCUT2D eigenvalue weighted by molar-refractivity contribution is -0.115. The Kier molecular flexibility index (Phi) is 3.92. The van der Waals surface area contributed by atoms with E-state index >= 15 is 0 Å². The molecule has 0 spiro atoms. The molecule has 6 heteroatoms. The molecule has 1 N–H and O–H groups in total. The maximum atomic E-state index is 11.5. The fraction of sp³-hybridized carbons (Fsp3) is 0.154. The fourth-order valence-corrected chi connectivity index (χ4v) is 1.59. The van der Waals surface area contributed by atoms with Gasteiger partial charge in [-0.3, -0.25) is 4.79 Å². The first-order valence-electron chi connectivity index (χ1n) is 5.69. The monoisotopic (exact) mass is 259 g/mol. The van der Waals surface area contributed by atoms with E-state index in [2.05, 4.69) is 17.1 Å². The van der Waals surface area contributed by atoms with Crippen molar-refractivity contribution in [3.8, 4) is 0 Å². The molecular weight excluding hydrogens is 246 g/mol. The number of amides is 3. The van der Waals surface area contributed by atoms with Crippen LogP contribution in [-0.2, 0) is 9.63 Å². The number of hydrogen-bond donors (Lipinski definition) is 1. The van der Waals surface area contributed by atoms with Crippen molar-refractivity contribution in [2.45, 2.75) is 0 Å². The molecule has 1 aliphatic heterocycles. The van der Waals surface area contributed by atoms with E-state index < -0.39 is 6.03 Å². The summed E-state index contributed by atoms with van der Waals surface area (Å²) in [4.78, 5) is 28.9. The summed E-state index contributed by atoms with van der Waals surface area (Å²) in [6.45, 7) is 3.88. The zero-order chi connectivity index (χ0) is 13.7. The van der Waals surface area contributed by atoms with Crippen LogP contribution in [0.15, 0.2) is 42.1 Å². The molecule has 0 unspecified atom stereocenters. The van der Waals surface area contributed by atoms with Crippen LogP contribution in [0.4, 0.5) is 10.5 Å². The highest BCUT2D eigenvalue weighted by Crippen LogP contribution is 2.17. The third kappa shape index (κ3) is 2.98. The molecule has 0 atom stereocenters. The van der Waals surface area contributed by atoms with Gasteiger partial charge in [0.15, 0.2) is 0 Å². The first-order chi connectivity index (χ1) is 9.22. The van der Waals surface area contributed by atoms with Crippen molar-refractivity contribution in [1.82, 2.24) is 5.32 Å². The van der Waals surface area contributed by atoms with E-state index in [1.807, 2.05) is 0 Å². The molecule has 1 aromatic carbocycles. The lowest BCUT2D eigenvalue weighted by Gasteiger charge is -2.11. The molecule has 1 fully saturated rings. The van der Waals surface area contributed by atoms with Crippen LogP contribution in [0.1, 0.15) is 5.56 Å². The molecule has 1 aliphatic rings. The number of nitrogens with one attached hydrogen (secondary N) is 1. The van der Waals surface area contributed by atoms with Gasteiger partial charge in [-0.25, -0.2) is 9.69 Å². The van der Waals surface area contributed by atoms with Gasteiger partial charge in [0.25, 0.3) is 5.91 Å². The van der Waals surface area contributed by atoms with E-state index in [1.54, 1.807) is 36.6 Å². The normalized spacial score (nSPS) is 14.8. The van der Waals surface area contributed by atoms with E-state index in [-0.39, 0.29) is 12.5 Å². The summed E-state index contributed by atoms with van der Waals surface area (Å²) in [5.41, 5.74) is 1.34. The molecule has 0 aliphatic carbocycles. The van der Waals surface area contributed by atoms with Gasteiger partial charge in [0.05, 0.1) is 18.4 Å². The summed E-state index contributed by atoms with van der Waals surface area (Å²) in [7, 11) is 0. The second-order valence-electron chi connectivity index (χ2n) is 3.80. The number of anilines is 1. The summed E-state index contributed by atoms with van der Waals surface area (Å²) in [5.74, 6) is -0.263. The van der Waals surface area contributed by atoms with Gasteiger partial charge in [0, 0.05) is 0 Å². The Hall–Kier alpha value is -2.63. The first kappa shape index (κ1) is 12.8. The van der Waals surface area contributed by atoms with Crippen LogP contribution in [-0.4, -0.2) is 31.3 Å². The van der Waals surface area contributed by atoms with Crippen molar-refractivity contribution in [1.29, 1.82) is 0 Å². The van der Waals surface area contributed by atoms with Crippen molar-refractivity contribution in [3.05, 3.63) is 42.5 Å². The van der Waals surface area contributed by atoms with Crippen molar-refractivity contribution in [2.75, 3.05) is 18.1 Å². The summed E-state index contributed by atoms with van der Waals surface area (Å²) in [5, 5.41) is 6.19. The second kappa shape index (κ2) is 5.81. The van der Waals surface area contributed by atoms with E-state index in [1.165, 1.54) is 0 Å². The number of benzene rings is 1. The quantitative estimate of drug-likeness (QED) is 0.285. The van der Waals surface area contributed by atoms with Crippen molar-refractivity contribution >= 4 is 23.8 Å². The maximum absolute atomic E-state index is 11.5. The minimum atomic E-state index is -0.402. The van der Waals surface area contributed by atoms with Crippen LogP contribution in [0, 0.1) is 0 Å². The number of imide groups is 1. The number of carbonyl (C=O) groups excluding carboxylic acids is 2. The highest BCUT2D eigenvalue weighted by molar-refractivity contribution is 6.19. The molecule has 0 bridgehead atoms. The van der Waals surface area contributed by atoms with Crippen LogP contribution in [0.25, 0.3) is 0 Å². The Bertz CT molecular complexity index is 506. The minimum Gasteiger partial charge on any atom is -0.392 e. The summed E-state index contributed by atoms with van der Waals surface area (Å²) >= 11 is 0. The molecule has 0 radical (unpaired) electrons. The molecule has 19 heavy (non-hydrogen) atoms. The number of nitrogens with zero attached hydrogens (tertiary/aromatic N) is 2. The van der Waals surface area contributed by atoms with Crippen LogP contribution in [0.2, 0.25) is 0 Å². The lowest BCUT2D eigenvalue weighted by Crippen LogP contribution is -2.30. The van der Waals surface area contributed by atoms with E-state index in [0.717, 1.165) is 10.5 Å². The van der Waals surface area contributed by atoms with Gasteiger partial charge in [-0.05, 0) is 17.7 Å². The van der Waals surface area contributed by atoms with E-state index in [0.29, 0.717) is 12.3 Å². The second-order valence-corrected chi connectivity index (χ2v) is 3.80. The Morgan fingerprint density at radius 2 is 2.11 bits per heavy atom. The van der Waals surface area contributed by atoms with Gasteiger partial charge >= 0.3 is 6.03 Å². The summed E-state index contributed by atoms with van der Waals surface area (Å²) in [6.07, 6.45) is 3.14. The van der Waals surface area contributed by atoms with E-state index in [9.17, 15) is 9.59 Å². The molecule has 1 heterocycles. The molecular formula is C13H13N3O3. The number of carbonyl (C=O) groups is 2. The van der Waals surface area contributed by atoms with Crippen molar-refractivity contribution < 1.29 is 14.4 Å². The highest BCUT2D eigenvalue weighted by atomic mass is 16.6. The molecule has 3 amide bonds. The van der Waals surface area contributed by atoms with Crippen LogP contribution in [0.3, 0.4) is 0 Å². The Labute approximate surface area is 110 Å². The van der Waals surface area contributed by atoms with Gasteiger partial charge in [-0.2, -0.15) is 0 Å². The number of rotatable bonds is 5. The Balaban J connectivity index is 2.06. The average Bonchev–Trinajstić information content (AvgIpc) is 2.75. The maximum Gasteiger partial charge on any atom is 0.329 e. The Morgan fingerprint density at radius 1 is 1.37 bits per heavy atom. The zero-order valence-corrected chi connectivity index (χ0v) is 10.2. The fourth-order valence-electron chi connectivity index (χ4n) is 1.59. The topological polar surface area (TPSA) is 71.0 Å². The first-order valence-corrected chi connectivity index (χ1v) is 5.69. The van der Waals surface area contributed by atoms with Crippen molar-refractivity contribution in [3.63, 3.8) is 0 Å². The van der Waals surface area contributed by atoms with Gasteiger partial charge in [-0.15, -0.1) is 0 Å². The van der Waals surface area contributed by atoms with Crippen molar-refractivity contribution in [2.24, 2.45) is 5.16 Å². The molecule has 0 saturated carbocycles. The predicted molar refractivity (Wildman–Crippen MR) is 71.1 cm³/mol. The SMILES string of the molecule is C=CCO/N=C/c1ccc(N2C(=O)CNC2=O)cc1. The number of hydrogen-bond acceptors (Lipinski definition) is 4. The molecule has 2 rings (SSSR count). The smallest absolute Gasteiger partial charge is 0.329 e. The van der Waals surface area contributed by atoms with Gasteiger partial charge in [-0.1, -0.05) is 29.9 Å². The van der Waals surface area contributed by atoms with Crippen LogP contribution < -0.4 is 10.2 Å². The van der Waals surface area contributed by atoms with Gasteiger partial charge < -0.3 is 10.2 Å². The third-order valence-electron chi connectivity index (χ3n) is 2.46. The largest absolute Gasteiger partial charge is 0.392 e. The molecule has 0 aromatic heterocycles. The standard InChI is InChI=1S/C13H13N3O3/c1-2-7-19-15-8-10-3-5-11(6-4-10)16-12(17)9-14-13(16)18/h2-6,8H,1,7,9H2,(H,14,18)/b15-8+.